The minimum atomic E-state index is 0.846. The molecule has 0 atom stereocenters. The molecule has 0 unspecified atom stereocenters. The molecule has 0 bridgehead atoms. The van der Waals surface area contributed by atoms with Gasteiger partial charge in [0.1, 0.15) is 0 Å². The first-order valence-electron chi connectivity index (χ1n) is 6.49. The van der Waals surface area contributed by atoms with E-state index in [1.807, 2.05) is 0 Å². The summed E-state index contributed by atoms with van der Waals surface area (Å²) in [6.07, 6.45) is 8.38. The Balaban J connectivity index is 2.18. The van der Waals surface area contributed by atoms with Crippen LogP contribution in [-0.2, 0) is 6.54 Å². The summed E-state index contributed by atoms with van der Waals surface area (Å²) in [5, 5.41) is 0. The second kappa shape index (κ2) is 4.87. The molecule has 0 spiro atoms. The molecule has 1 heterocycles. The van der Waals surface area contributed by atoms with Crippen LogP contribution in [0.3, 0.4) is 0 Å². The van der Waals surface area contributed by atoms with Crippen molar-refractivity contribution in [3.8, 4) is 0 Å². The van der Waals surface area contributed by atoms with Gasteiger partial charge in [0.05, 0.1) is 0 Å². The Labute approximate surface area is 93.5 Å². The molecule has 0 saturated heterocycles. The smallest absolute Gasteiger partial charge is 0.0222 e. The lowest BCUT2D eigenvalue weighted by Crippen LogP contribution is -2.11. The summed E-state index contributed by atoms with van der Waals surface area (Å²) in [5.41, 5.74) is 3.05. The molecule has 1 nitrogen and oxygen atoms in total. The monoisotopic (exact) mass is 205 g/mol. The Hall–Kier alpha value is -0.720. The zero-order valence-corrected chi connectivity index (χ0v) is 10.1. The van der Waals surface area contributed by atoms with Gasteiger partial charge in [0, 0.05) is 17.9 Å². The van der Waals surface area contributed by atoms with Gasteiger partial charge in [-0.15, -0.1) is 0 Å². The Morgan fingerprint density at radius 1 is 1.20 bits per heavy atom. The fourth-order valence-electron chi connectivity index (χ4n) is 2.87. The highest BCUT2D eigenvalue weighted by Crippen LogP contribution is 2.33. The van der Waals surface area contributed by atoms with Crippen LogP contribution in [0.2, 0.25) is 0 Å². The maximum absolute atomic E-state index is 2.54. The van der Waals surface area contributed by atoms with Gasteiger partial charge in [-0.05, 0) is 44.2 Å². The summed E-state index contributed by atoms with van der Waals surface area (Å²) in [6, 6.07) is 4.65. The molecule has 84 valence electrons. The van der Waals surface area contributed by atoms with Crippen LogP contribution in [-0.4, -0.2) is 4.57 Å². The Morgan fingerprint density at radius 2 is 1.93 bits per heavy atom. The summed E-state index contributed by atoms with van der Waals surface area (Å²) in [5.74, 6) is 0.846. The number of rotatable bonds is 3. The summed E-state index contributed by atoms with van der Waals surface area (Å²) in [6.45, 7) is 5.71. The van der Waals surface area contributed by atoms with Crippen LogP contribution in [0.15, 0.2) is 12.1 Å². The van der Waals surface area contributed by atoms with Crippen molar-refractivity contribution in [3.05, 3.63) is 23.5 Å². The minimum Gasteiger partial charge on any atom is -0.349 e. The third-order valence-electron chi connectivity index (χ3n) is 3.70. The second-order valence-electron chi connectivity index (χ2n) is 4.89. The van der Waals surface area contributed by atoms with E-state index >= 15 is 0 Å². The van der Waals surface area contributed by atoms with Crippen LogP contribution in [0.1, 0.15) is 62.8 Å². The lowest BCUT2D eigenvalue weighted by Gasteiger charge is -2.24. The maximum Gasteiger partial charge on any atom is 0.0222 e. The van der Waals surface area contributed by atoms with Gasteiger partial charge in [-0.1, -0.05) is 26.2 Å². The average Bonchev–Trinajstić information content (AvgIpc) is 2.63. The Morgan fingerprint density at radius 3 is 2.60 bits per heavy atom. The van der Waals surface area contributed by atoms with Gasteiger partial charge >= 0.3 is 0 Å². The van der Waals surface area contributed by atoms with Crippen molar-refractivity contribution in [3.63, 3.8) is 0 Å². The van der Waals surface area contributed by atoms with Crippen molar-refractivity contribution in [1.82, 2.24) is 4.57 Å². The van der Waals surface area contributed by atoms with Crippen molar-refractivity contribution in [1.29, 1.82) is 0 Å². The number of nitrogens with zero attached hydrogens (tertiary/aromatic N) is 1. The fourth-order valence-corrected chi connectivity index (χ4v) is 2.87. The first-order chi connectivity index (χ1) is 7.33. The maximum atomic E-state index is 2.54. The third kappa shape index (κ3) is 2.27. The first kappa shape index (κ1) is 10.8. The van der Waals surface area contributed by atoms with E-state index in [0.29, 0.717) is 0 Å². The van der Waals surface area contributed by atoms with Crippen molar-refractivity contribution >= 4 is 0 Å². The highest BCUT2D eigenvalue weighted by Gasteiger charge is 2.18. The number of aryl methyl sites for hydroxylation is 1. The molecule has 1 heteroatoms. The van der Waals surface area contributed by atoms with E-state index in [-0.39, 0.29) is 0 Å². The number of hydrogen-bond acceptors (Lipinski definition) is 0. The van der Waals surface area contributed by atoms with Gasteiger partial charge < -0.3 is 4.57 Å². The second-order valence-corrected chi connectivity index (χ2v) is 4.89. The Bertz CT molecular complexity index is 305. The van der Waals surface area contributed by atoms with E-state index in [0.717, 1.165) is 5.92 Å². The van der Waals surface area contributed by atoms with Crippen LogP contribution in [0, 0.1) is 6.92 Å². The lowest BCUT2D eigenvalue weighted by atomic mass is 9.87. The molecule has 0 N–H and O–H groups in total. The molecule has 0 amide bonds. The summed E-state index contributed by atoms with van der Waals surface area (Å²) >= 11 is 0. The van der Waals surface area contributed by atoms with Crippen molar-refractivity contribution in [2.45, 2.75) is 64.8 Å². The molecule has 1 fully saturated rings. The average molecular weight is 205 g/mol. The third-order valence-corrected chi connectivity index (χ3v) is 3.70. The topological polar surface area (TPSA) is 4.93 Å². The van der Waals surface area contributed by atoms with Gasteiger partial charge in [-0.2, -0.15) is 0 Å². The van der Waals surface area contributed by atoms with Crippen molar-refractivity contribution in [2.75, 3.05) is 0 Å². The molecule has 15 heavy (non-hydrogen) atoms. The molecule has 1 aliphatic rings. The largest absolute Gasteiger partial charge is 0.349 e. The van der Waals surface area contributed by atoms with E-state index in [4.69, 9.17) is 0 Å². The predicted molar refractivity (Wildman–Crippen MR) is 65.3 cm³/mol. The predicted octanol–water partition coefficient (Wildman–Crippen LogP) is 4.25. The summed E-state index contributed by atoms with van der Waals surface area (Å²) in [7, 11) is 0. The van der Waals surface area contributed by atoms with E-state index in [1.165, 1.54) is 50.8 Å². The van der Waals surface area contributed by atoms with Gasteiger partial charge in [0.15, 0.2) is 0 Å². The molecular weight excluding hydrogens is 182 g/mol. The molecule has 1 aromatic rings. The number of hydrogen-bond donors (Lipinski definition) is 0. The first-order valence-corrected chi connectivity index (χ1v) is 6.49. The molecule has 1 saturated carbocycles. The molecule has 2 rings (SSSR count). The number of aromatic nitrogens is 1. The summed E-state index contributed by atoms with van der Waals surface area (Å²) < 4.78 is 2.54. The quantitative estimate of drug-likeness (QED) is 0.695. The van der Waals surface area contributed by atoms with Gasteiger partial charge in [-0.25, -0.2) is 0 Å². The normalized spacial score (nSPS) is 18.3. The minimum absolute atomic E-state index is 0.846. The molecule has 0 aromatic carbocycles. The zero-order chi connectivity index (χ0) is 10.7. The van der Waals surface area contributed by atoms with E-state index < -0.39 is 0 Å². The van der Waals surface area contributed by atoms with Crippen LogP contribution in [0.5, 0.6) is 0 Å². The van der Waals surface area contributed by atoms with Gasteiger partial charge in [0.25, 0.3) is 0 Å². The molecule has 1 aliphatic carbocycles. The van der Waals surface area contributed by atoms with Crippen LogP contribution in [0.25, 0.3) is 0 Å². The van der Waals surface area contributed by atoms with E-state index in [9.17, 15) is 0 Å². The zero-order valence-electron chi connectivity index (χ0n) is 10.1. The van der Waals surface area contributed by atoms with E-state index in [2.05, 4.69) is 30.5 Å². The fraction of sp³-hybridized carbons (Fsp3) is 0.714. The van der Waals surface area contributed by atoms with Crippen LogP contribution in [0.4, 0.5) is 0 Å². The Kier molecular flexibility index (Phi) is 3.50. The standard InChI is InChI=1S/C14H23N/c1-3-11-15-12(2)9-10-14(15)13-7-5-4-6-8-13/h9-10,13H,3-8,11H2,1-2H3. The molecule has 0 radical (unpaired) electrons. The van der Waals surface area contributed by atoms with Gasteiger partial charge in [0.2, 0.25) is 0 Å². The highest BCUT2D eigenvalue weighted by molar-refractivity contribution is 5.19. The van der Waals surface area contributed by atoms with Gasteiger partial charge in [-0.3, -0.25) is 0 Å². The van der Waals surface area contributed by atoms with Crippen molar-refractivity contribution < 1.29 is 0 Å². The van der Waals surface area contributed by atoms with Crippen molar-refractivity contribution in [2.24, 2.45) is 0 Å². The lowest BCUT2D eigenvalue weighted by molar-refractivity contribution is 0.421. The van der Waals surface area contributed by atoms with Crippen LogP contribution < -0.4 is 0 Å². The SMILES string of the molecule is CCCn1c(C)ccc1C1CCCCC1. The highest BCUT2D eigenvalue weighted by atomic mass is 15.0. The molecule has 0 aliphatic heterocycles. The summed E-state index contributed by atoms with van der Waals surface area (Å²) in [4.78, 5) is 0. The van der Waals surface area contributed by atoms with E-state index in [1.54, 1.807) is 5.69 Å². The molecule has 1 aromatic heterocycles. The van der Waals surface area contributed by atoms with Crippen LogP contribution >= 0.6 is 0 Å². The molecular formula is C14H23N.